The molecule has 7 heteroatoms. The van der Waals surface area contributed by atoms with E-state index in [0.717, 1.165) is 66.6 Å². The molecule has 50 heavy (non-hydrogen) atoms. The largest absolute Gasteiger partial charge is 0.416 e. The van der Waals surface area contributed by atoms with E-state index in [0.29, 0.717) is 33.4 Å². The second kappa shape index (κ2) is 11.1. The van der Waals surface area contributed by atoms with Gasteiger partial charge in [0.1, 0.15) is 0 Å². The lowest BCUT2D eigenvalue weighted by molar-refractivity contribution is -0.137. The van der Waals surface area contributed by atoms with Gasteiger partial charge in [-0.2, -0.15) is 18.4 Å². The molecular weight excluding hydrogens is 629 g/mol. The lowest BCUT2D eigenvalue weighted by atomic mass is 9.97. The molecule has 0 N–H and O–H groups in total. The molecule has 242 valence electrons. The van der Waals surface area contributed by atoms with Gasteiger partial charge in [-0.3, -0.25) is 0 Å². The summed E-state index contributed by atoms with van der Waals surface area (Å²) >= 11 is 0. The van der Waals surface area contributed by atoms with Crippen LogP contribution in [0.4, 0.5) is 18.9 Å². The maximum atomic E-state index is 14.2. The average molecular weight is 659 g/mol. The summed E-state index contributed by atoms with van der Waals surface area (Å²) in [6.45, 7) is 16.7. The molecule has 0 saturated heterocycles. The Bertz CT molecular complexity index is 2760. The van der Waals surface area contributed by atoms with Crippen LogP contribution in [0.3, 0.4) is 0 Å². The predicted octanol–water partition coefficient (Wildman–Crippen LogP) is 12.2. The van der Waals surface area contributed by atoms with Crippen molar-refractivity contribution in [2.45, 2.75) is 33.9 Å². The maximum absolute atomic E-state index is 14.2. The molecule has 8 rings (SSSR count). The first-order chi connectivity index (χ1) is 24.0. The summed E-state index contributed by atoms with van der Waals surface area (Å²) in [5.41, 5.74) is 9.36. The summed E-state index contributed by atoms with van der Waals surface area (Å²) < 4.78 is 46.5. The number of hydrogen-bond donors (Lipinski definition) is 0. The average Bonchev–Trinajstić information content (AvgIpc) is 3.57. The van der Waals surface area contributed by atoms with Crippen molar-refractivity contribution in [1.29, 1.82) is 5.26 Å². The molecule has 4 nitrogen and oxygen atoms in total. The SMILES string of the molecule is [C-]#[N+]c1c(-n2c3cc(C)ccc3c3ccc(C(F)(F)F)cc32)ccc(-c2cc(C)cc(C#N)c2)c1-n1c2cc(C)ccc2c2ccc(C)cc21. The third-order valence-electron chi connectivity index (χ3n) is 9.55. The molecule has 0 aliphatic rings. The molecule has 0 amide bonds. The minimum atomic E-state index is -4.55. The van der Waals surface area contributed by atoms with Crippen molar-refractivity contribution in [3.05, 3.63) is 148 Å². The molecular formula is C43H29F3N4. The number of benzene rings is 6. The second-order valence-electron chi connectivity index (χ2n) is 13.1. The van der Waals surface area contributed by atoms with E-state index in [1.807, 2.05) is 76.2 Å². The van der Waals surface area contributed by atoms with Crippen LogP contribution in [0.5, 0.6) is 0 Å². The highest BCUT2D eigenvalue weighted by Gasteiger charge is 2.32. The molecule has 6 aromatic carbocycles. The first-order valence-corrected chi connectivity index (χ1v) is 16.2. The number of aromatic nitrogens is 2. The smallest absolute Gasteiger partial charge is 0.319 e. The zero-order valence-corrected chi connectivity index (χ0v) is 27.7. The van der Waals surface area contributed by atoms with Crippen LogP contribution in [0.15, 0.2) is 103 Å². The summed E-state index contributed by atoms with van der Waals surface area (Å²) in [6.07, 6.45) is -4.55. The number of hydrogen-bond acceptors (Lipinski definition) is 1. The van der Waals surface area contributed by atoms with Crippen LogP contribution < -0.4 is 0 Å². The van der Waals surface area contributed by atoms with E-state index >= 15 is 0 Å². The Kier molecular flexibility index (Phi) is 6.89. The van der Waals surface area contributed by atoms with Gasteiger partial charge < -0.3 is 9.13 Å². The maximum Gasteiger partial charge on any atom is 0.416 e. The third-order valence-corrected chi connectivity index (χ3v) is 9.55. The van der Waals surface area contributed by atoms with Gasteiger partial charge >= 0.3 is 6.18 Å². The summed E-state index contributed by atoms with van der Waals surface area (Å²) in [5.74, 6) is 0. The van der Waals surface area contributed by atoms with Crippen LogP contribution in [0, 0.1) is 45.6 Å². The van der Waals surface area contributed by atoms with E-state index < -0.39 is 11.7 Å². The molecule has 0 spiro atoms. The summed E-state index contributed by atoms with van der Waals surface area (Å²) in [7, 11) is 0. The molecule has 0 unspecified atom stereocenters. The van der Waals surface area contributed by atoms with Gasteiger partial charge in [-0.25, -0.2) is 4.85 Å². The second-order valence-corrected chi connectivity index (χ2v) is 13.1. The first kappa shape index (κ1) is 31.0. The summed E-state index contributed by atoms with van der Waals surface area (Å²) in [5, 5.41) is 13.4. The Labute approximate surface area is 286 Å². The van der Waals surface area contributed by atoms with Crippen LogP contribution in [-0.4, -0.2) is 9.13 Å². The topological polar surface area (TPSA) is 38.0 Å². The van der Waals surface area contributed by atoms with Crippen molar-refractivity contribution in [2.75, 3.05) is 0 Å². The minimum Gasteiger partial charge on any atom is -0.319 e. The highest BCUT2D eigenvalue weighted by Crippen LogP contribution is 2.46. The van der Waals surface area contributed by atoms with Crippen LogP contribution >= 0.6 is 0 Å². The number of nitrogens with zero attached hydrogens (tertiary/aromatic N) is 4. The van der Waals surface area contributed by atoms with Gasteiger partial charge in [-0.1, -0.05) is 54.6 Å². The van der Waals surface area contributed by atoms with E-state index in [1.165, 1.54) is 12.1 Å². The molecule has 2 heterocycles. The molecule has 0 bridgehead atoms. The normalized spacial score (nSPS) is 11.9. The van der Waals surface area contributed by atoms with Crippen molar-refractivity contribution < 1.29 is 13.2 Å². The van der Waals surface area contributed by atoms with Crippen LogP contribution in [0.2, 0.25) is 0 Å². The Morgan fingerprint density at radius 2 is 1.12 bits per heavy atom. The summed E-state index contributed by atoms with van der Waals surface area (Å²) in [6, 6.07) is 33.8. The van der Waals surface area contributed by atoms with Gasteiger partial charge in [0.25, 0.3) is 0 Å². The number of alkyl halides is 3. The fourth-order valence-electron chi connectivity index (χ4n) is 7.37. The van der Waals surface area contributed by atoms with Crippen LogP contribution in [0.1, 0.15) is 33.4 Å². The molecule has 2 aromatic heterocycles. The van der Waals surface area contributed by atoms with Gasteiger partial charge in [0.05, 0.1) is 57.2 Å². The van der Waals surface area contributed by atoms with Crippen LogP contribution in [-0.2, 0) is 6.18 Å². The highest BCUT2D eigenvalue weighted by molar-refractivity contribution is 6.13. The van der Waals surface area contributed by atoms with Gasteiger partial charge in [0.2, 0.25) is 5.69 Å². The van der Waals surface area contributed by atoms with Gasteiger partial charge in [0, 0.05) is 21.5 Å². The van der Waals surface area contributed by atoms with Gasteiger partial charge in [0.15, 0.2) is 0 Å². The predicted molar refractivity (Wildman–Crippen MR) is 195 cm³/mol. The van der Waals surface area contributed by atoms with E-state index in [1.54, 1.807) is 4.57 Å². The Morgan fingerprint density at radius 1 is 0.600 bits per heavy atom. The molecule has 0 saturated carbocycles. The lowest BCUT2D eigenvalue weighted by Gasteiger charge is -2.21. The van der Waals surface area contributed by atoms with Gasteiger partial charge in [-0.15, -0.1) is 0 Å². The van der Waals surface area contributed by atoms with E-state index in [4.69, 9.17) is 6.57 Å². The van der Waals surface area contributed by atoms with Crippen molar-refractivity contribution in [1.82, 2.24) is 9.13 Å². The Balaban J connectivity index is 1.60. The minimum absolute atomic E-state index is 0.280. The van der Waals surface area contributed by atoms with Crippen molar-refractivity contribution in [3.8, 4) is 28.6 Å². The molecule has 8 aromatic rings. The number of rotatable bonds is 3. The van der Waals surface area contributed by atoms with Crippen molar-refractivity contribution >= 4 is 49.3 Å². The molecule has 0 radical (unpaired) electrons. The number of fused-ring (bicyclic) bond motifs is 6. The first-order valence-electron chi connectivity index (χ1n) is 16.2. The van der Waals surface area contributed by atoms with E-state index in [2.05, 4.69) is 51.9 Å². The molecule has 0 atom stereocenters. The Hall–Kier alpha value is -6.31. The zero-order valence-electron chi connectivity index (χ0n) is 27.7. The van der Waals surface area contributed by atoms with Crippen molar-refractivity contribution in [3.63, 3.8) is 0 Å². The summed E-state index contributed by atoms with van der Waals surface area (Å²) in [4.78, 5) is 4.22. The molecule has 0 fully saturated rings. The monoisotopic (exact) mass is 658 g/mol. The number of aryl methyl sites for hydroxylation is 4. The number of nitriles is 1. The van der Waals surface area contributed by atoms with E-state index in [9.17, 15) is 18.4 Å². The number of halogens is 3. The Morgan fingerprint density at radius 3 is 1.64 bits per heavy atom. The molecule has 0 aliphatic carbocycles. The lowest BCUT2D eigenvalue weighted by Crippen LogP contribution is -2.06. The van der Waals surface area contributed by atoms with E-state index in [-0.39, 0.29) is 5.69 Å². The molecule has 0 aliphatic heterocycles. The van der Waals surface area contributed by atoms with Gasteiger partial charge in [-0.05, 0) is 110 Å². The fourth-order valence-corrected chi connectivity index (χ4v) is 7.37. The van der Waals surface area contributed by atoms with Crippen LogP contribution in [0.25, 0.3) is 71.0 Å². The fraction of sp³-hybridized carbons (Fsp3) is 0.116. The third kappa shape index (κ3) is 4.74. The quantitative estimate of drug-likeness (QED) is 0.174. The standard InChI is InChI=1S/C43H29F3N4/c1-24-6-10-32-35-13-9-30(43(44,45)46)22-40(35)49(37(32)18-24)36-15-14-31(29-17-27(4)16-28(21-29)23-47)42(41(36)48-5)50-38-19-25(2)7-11-33(38)34-12-8-26(3)20-39(34)50/h6-22H,1-4H3. The highest BCUT2D eigenvalue weighted by atomic mass is 19.4. The zero-order chi connectivity index (χ0) is 35.1. The van der Waals surface area contributed by atoms with Crippen molar-refractivity contribution in [2.24, 2.45) is 0 Å².